The van der Waals surface area contributed by atoms with Gasteiger partial charge in [0.15, 0.2) is 17.3 Å². The van der Waals surface area contributed by atoms with Crippen LogP contribution in [0.15, 0.2) is 77.6 Å². The SMILES string of the molecule is COc1cc(C=c2sc3nc(-c4ccc(C(C)(C)C)cc4)nn3c2=O)ccc1OCc1ccccc1. The predicted octanol–water partition coefficient (Wildman–Crippen LogP) is 5.25. The summed E-state index contributed by atoms with van der Waals surface area (Å²) in [5.41, 5.74) is 3.91. The van der Waals surface area contributed by atoms with Crippen molar-refractivity contribution in [3.05, 3.63) is 104 Å². The maximum absolute atomic E-state index is 13.0. The van der Waals surface area contributed by atoms with Gasteiger partial charge in [0.25, 0.3) is 5.56 Å². The van der Waals surface area contributed by atoms with Crippen LogP contribution >= 0.6 is 11.3 Å². The van der Waals surface area contributed by atoms with E-state index in [-0.39, 0.29) is 11.0 Å². The quantitative estimate of drug-likeness (QED) is 0.321. The molecule has 2 aromatic heterocycles. The Morgan fingerprint density at radius 1 is 0.972 bits per heavy atom. The molecule has 0 radical (unpaired) electrons. The second-order valence-corrected chi connectivity index (χ2v) is 10.6. The summed E-state index contributed by atoms with van der Waals surface area (Å²) < 4.78 is 13.4. The van der Waals surface area contributed by atoms with Crippen molar-refractivity contribution in [3.63, 3.8) is 0 Å². The minimum Gasteiger partial charge on any atom is -0.493 e. The molecule has 0 saturated heterocycles. The number of aromatic nitrogens is 3. The number of rotatable bonds is 6. The van der Waals surface area contributed by atoms with Gasteiger partial charge in [-0.2, -0.15) is 9.50 Å². The fourth-order valence-corrected chi connectivity index (χ4v) is 4.76. The lowest BCUT2D eigenvalue weighted by Crippen LogP contribution is -2.23. The zero-order valence-electron chi connectivity index (χ0n) is 20.7. The van der Waals surface area contributed by atoms with Gasteiger partial charge in [0, 0.05) is 5.56 Å². The highest BCUT2D eigenvalue weighted by atomic mass is 32.1. The van der Waals surface area contributed by atoms with Crippen LogP contribution in [0.25, 0.3) is 22.4 Å². The van der Waals surface area contributed by atoms with E-state index >= 15 is 0 Å². The lowest BCUT2D eigenvalue weighted by molar-refractivity contribution is 0.284. The molecule has 0 aliphatic heterocycles. The molecule has 182 valence electrons. The summed E-state index contributed by atoms with van der Waals surface area (Å²) in [5.74, 6) is 1.80. The highest BCUT2D eigenvalue weighted by Gasteiger charge is 2.16. The van der Waals surface area contributed by atoms with E-state index in [4.69, 9.17) is 9.47 Å². The first-order chi connectivity index (χ1) is 17.3. The Labute approximate surface area is 213 Å². The van der Waals surface area contributed by atoms with Gasteiger partial charge in [-0.15, -0.1) is 5.10 Å². The molecule has 0 bridgehead atoms. The van der Waals surface area contributed by atoms with Crippen LogP contribution in [0.3, 0.4) is 0 Å². The van der Waals surface area contributed by atoms with E-state index < -0.39 is 0 Å². The van der Waals surface area contributed by atoms with Gasteiger partial charge in [-0.1, -0.05) is 92.8 Å². The molecule has 0 aliphatic carbocycles. The average Bonchev–Trinajstić information content (AvgIpc) is 3.42. The van der Waals surface area contributed by atoms with Crippen LogP contribution in [0, 0.1) is 0 Å². The highest BCUT2D eigenvalue weighted by Crippen LogP contribution is 2.29. The molecule has 36 heavy (non-hydrogen) atoms. The topological polar surface area (TPSA) is 65.7 Å². The van der Waals surface area contributed by atoms with Gasteiger partial charge >= 0.3 is 0 Å². The van der Waals surface area contributed by atoms with Crippen molar-refractivity contribution in [2.75, 3.05) is 7.11 Å². The molecule has 2 heterocycles. The van der Waals surface area contributed by atoms with Gasteiger partial charge < -0.3 is 9.47 Å². The van der Waals surface area contributed by atoms with E-state index in [9.17, 15) is 4.79 Å². The molecule has 5 rings (SSSR count). The maximum Gasteiger partial charge on any atom is 0.291 e. The Bertz CT molecular complexity index is 1620. The van der Waals surface area contributed by atoms with Crippen molar-refractivity contribution >= 4 is 22.4 Å². The zero-order valence-corrected chi connectivity index (χ0v) is 21.5. The summed E-state index contributed by atoms with van der Waals surface area (Å²) in [7, 11) is 1.60. The van der Waals surface area contributed by atoms with Crippen molar-refractivity contribution in [2.45, 2.75) is 32.8 Å². The lowest BCUT2D eigenvalue weighted by Gasteiger charge is -2.18. The number of thiazole rings is 1. The van der Waals surface area contributed by atoms with Crippen LogP contribution < -0.4 is 19.6 Å². The van der Waals surface area contributed by atoms with Gasteiger partial charge in [-0.25, -0.2) is 0 Å². The number of hydrogen-bond donors (Lipinski definition) is 0. The number of hydrogen-bond acceptors (Lipinski definition) is 6. The molecule has 5 aromatic rings. The Morgan fingerprint density at radius 2 is 1.72 bits per heavy atom. The van der Waals surface area contributed by atoms with E-state index in [2.05, 4.69) is 43.0 Å². The smallest absolute Gasteiger partial charge is 0.291 e. The summed E-state index contributed by atoms with van der Waals surface area (Å²) in [6.45, 7) is 6.97. The average molecular weight is 498 g/mol. The highest BCUT2D eigenvalue weighted by molar-refractivity contribution is 7.15. The Kier molecular flexibility index (Phi) is 6.33. The first-order valence-electron chi connectivity index (χ1n) is 11.7. The van der Waals surface area contributed by atoms with Crippen LogP contribution in [0.5, 0.6) is 11.5 Å². The molecule has 0 N–H and O–H groups in total. The van der Waals surface area contributed by atoms with Crippen molar-refractivity contribution < 1.29 is 9.47 Å². The third kappa shape index (κ3) is 4.88. The van der Waals surface area contributed by atoms with Crippen LogP contribution in [-0.4, -0.2) is 21.7 Å². The van der Waals surface area contributed by atoms with Crippen LogP contribution in [0.4, 0.5) is 0 Å². The normalized spacial score (nSPS) is 12.3. The minimum absolute atomic E-state index is 0.0718. The molecular weight excluding hydrogens is 470 g/mol. The molecule has 0 amide bonds. The standard InChI is InChI=1S/C29H27N3O3S/c1-29(2,3)22-13-11-21(12-14-22)26-30-28-32(31-26)27(33)25(36-28)17-20-10-15-23(24(16-20)34-4)35-18-19-8-6-5-7-9-19/h5-17H,18H2,1-4H3. The van der Waals surface area contributed by atoms with Gasteiger partial charge in [0.05, 0.1) is 11.6 Å². The molecule has 0 unspecified atom stereocenters. The van der Waals surface area contributed by atoms with Gasteiger partial charge in [-0.3, -0.25) is 4.79 Å². The summed E-state index contributed by atoms with van der Waals surface area (Å²) in [6, 6.07) is 23.8. The number of ether oxygens (including phenoxy) is 2. The van der Waals surface area contributed by atoms with E-state index in [1.54, 1.807) is 7.11 Å². The summed E-state index contributed by atoms with van der Waals surface area (Å²) in [5, 5.41) is 4.48. The second kappa shape index (κ2) is 9.59. The fourth-order valence-electron chi connectivity index (χ4n) is 3.86. The lowest BCUT2D eigenvalue weighted by atomic mass is 9.87. The monoisotopic (exact) mass is 497 g/mol. The molecule has 0 fully saturated rings. The van der Waals surface area contributed by atoms with E-state index in [1.165, 1.54) is 21.4 Å². The Morgan fingerprint density at radius 3 is 2.39 bits per heavy atom. The predicted molar refractivity (Wildman–Crippen MR) is 144 cm³/mol. The number of methoxy groups -OCH3 is 1. The molecule has 0 atom stereocenters. The Hall–Kier alpha value is -3.97. The molecule has 0 spiro atoms. The fraction of sp³-hybridized carbons (Fsp3) is 0.207. The van der Waals surface area contributed by atoms with Crippen molar-refractivity contribution in [1.29, 1.82) is 0 Å². The van der Waals surface area contributed by atoms with Crippen molar-refractivity contribution in [2.24, 2.45) is 0 Å². The van der Waals surface area contributed by atoms with E-state index in [1.807, 2.05) is 66.7 Å². The van der Waals surface area contributed by atoms with Gasteiger partial charge in [0.2, 0.25) is 4.96 Å². The van der Waals surface area contributed by atoms with Crippen LogP contribution in [0.1, 0.15) is 37.5 Å². The van der Waals surface area contributed by atoms with Crippen molar-refractivity contribution in [1.82, 2.24) is 14.6 Å². The zero-order chi connectivity index (χ0) is 25.3. The maximum atomic E-state index is 13.0. The Balaban J connectivity index is 1.40. The number of nitrogens with zero attached hydrogens (tertiary/aromatic N) is 3. The first-order valence-corrected chi connectivity index (χ1v) is 12.5. The largest absolute Gasteiger partial charge is 0.493 e. The third-order valence-electron chi connectivity index (χ3n) is 5.91. The second-order valence-electron chi connectivity index (χ2n) is 9.56. The summed E-state index contributed by atoms with van der Waals surface area (Å²) >= 11 is 1.32. The van der Waals surface area contributed by atoms with Crippen LogP contribution in [0.2, 0.25) is 0 Å². The minimum atomic E-state index is -0.191. The van der Waals surface area contributed by atoms with Crippen LogP contribution in [-0.2, 0) is 12.0 Å². The summed E-state index contributed by atoms with van der Waals surface area (Å²) in [4.78, 5) is 18.2. The number of fused-ring (bicyclic) bond motifs is 1. The molecular formula is C29H27N3O3S. The molecule has 7 heteroatoms. The van der Waals surface area contributed by atoms with Gasteiger partial charge in [0.1, 0.15) is 6.61 Å². The van der Waals surface area contributed by atoms with Gasteiger partial charge in [-0.05, 0) is 40.3 Å². The summed E-state index contributed by atoms with van der Waals surface area (Å²) in [6.07, 6.45) is 1.82. The molecule has 0 aliphatic rings. The molecule has 0 saturated carbocycles. The van der Waals surface area contributed by atoms with E-state index in [0.717, 1.165) is 16.7 Å². The first kappa shape index (κ1) is 23.8. The number of benzene rings is 3. The molecule has 3 aromatic carbocycles. The third-order valence-corrected chi connectivity index (χ3v) is 6.87. The van der Waals surface area contributed by atoms with Crippen molar-refractivity contribution in [3.8, 4) is 22.9 Å². The van der Waals surface area contributed by atoms with E-state index in [0.29, 0.717) is 33.4 Å². The molecule has 6 nitrogen and oxygen atoms in total.